The molecule has 0 radical (unpaired) electrons. The van der Waals surface area contributed by atoms with Gasteiger partial charge in [-0.15, -0.1) is 0 Å². The van der Waals surface area contributed by atoms with E-state index in [0.717, 1.165) is 17.7 Å². The van der Waals surface area contributed by atoms with Gasteiger partial charge in [0.05, 0.1) is 35.6 Å². The molecule has 34 heavy (non-hydrogen) atoms. The Hall–Kier alpha value is -3.10. The number of nitrogens with zero attached hydrogens (tertiary/aromatic N) is 5. The molecule has 9 heteroatoms. The molecule has 4 heterocycles. The van der Waals surface area contributed by atoms with Crippen molar-refractivity contribution in [2.75, 3.05) is 6.61 Å². The molecule has 4 aromatic rings. The highest BCUT2D eigenvalue weighted by atomic mass is 35.5. The van der Waals surface area contributed by atoms with Crippen molar-refractivity contribution < 1.29 is 9.13 Å². The number of halogens is 2. The third-order valence-electron chi connectivity index (χ3n) is 6.77. The fraction of sp³-hybridized carbons (Fsp3) is 0.360. The van der Waals surface area contributed by atoms with E-state index in [9.17, 15) is 9.18 Å². The van der Waals surface area contributed by atoms with Crippen molar-refractivity contribution in [3.05, 3.63) is 75.3 Å². The van der Waals surface area contributed by atoms with E-state index < -0.39 is 5.82 Å². The lowest BCUT2D eigenvalue weighted by Gasteiger charge is -2.29. The number of hydrogen-bond donors (Lipinski definition) is 0. The SMILES string of the molecule is Cn1ncc2c(-c3ccc(Cl)cc3F)nc([C@@H]3CCO[C@H](c4cnn(C5CC5)c4)C3)cc2c1=O. The van der Waals surface area contributed by atoms with Crippen LogP contribution in [0.3, 0.4) is 0 Å². The van der Waals surface area contributed by atoms with E-state index in [4.69, 9.17) is 21.3 Å². The summed E-state index contributed by atoms with van der Waals surface area (Å²) in [5.74, 6) is -0.434. The van der Waals surface area contributed by atoms with Gasteiger partial charge in [-0.05, 0) is 49.9 Å². The average Bonchev–Trinajstić information content (AvgIpc) is 3.57. The Bertz CT molecular complexity index is 1460. The number of pyridine rings is 1. The van der Waals surface area contributed by atoms with Crippen LogP contribution in [0.25, 0.3) is 22.0 Å². The van der Waals surface area contributed by atoms with E-state index in [1.807, 2.05) is 16.9 Å². The molecule has 174 valence electrons. The van der Waals surface area contributed by atoms with Gasteiger partial charge in [0.2, 0.25) is 0 Å². The smallest absolute Gasteiger partial charge is 0.274 e. The van der Waals surface area contributed by atoms with Crippen molar-refractivity contribution in [3.8, 4) is 11.3 Å². The van der Waals surface area contributed by atoms with Gasteiger partial charge < -0.3 is 4.74 Å². The number of ether oxygens (including phenoxy) is 1. The normalized spacial score (nSPS) is 20.7. The number of hydrogen-bond acceptors (Lipinski definition) is 5. The van der Waals surface area contributed by atoms with E-state index in [2.05, 4.69) is 16.4 Å². The molecule has 2 fully saturated rings. The molecular formula is C25H23ClFN5O2. The average molecular weight is 480 g/mol. The lowest BCUT2D eigenvalue weighted by Crippen LogP contribution is -2.22. The second-order valence-corrected chi connectivity index (χ2v) is 9.56. The maximum atomic E-state index is 14.9. The molecule has 1 aromatic carbocycles. The maximum Gasteiger partial charge on any atom is 0.274 e. The Labute approximate surface area is 200 Å². The summed E-state index contributed by atoms with van der Waals surface area (Å²) in [6.45, 7) is 0.572. The van der Waals surface area contributed by atoms with E-state index in [0.29, 0.717) is 46.1 Å². The topological polar surface area (TPSA) is 74.8 Å². The lowest BCUT2D eigenvalue weighted by molar-refractivity contribution is 0.00463. The predicted octanol–water partition coefficient (Wildman–Crippen LogP) is 4.95. The van der Waals surface area contributed by atoms with Crippen LogP contribution >= 0.6 is 11.6 Å². The Balaban J connectivity index is 1.43. The highest BCUT2D eigenvalue weighted by Gasteiger charge is 2.30. The largest absolute Gasteiger partial charge is 0.373 e. The van der Waals surface area contributed by atoms with Crippen LogP contribution in [0.2, 0.25) is 5.02 Å². The van der Waals surface area contributed by atoms with Crippen LogP contribution in [0.5, 0.6) is 0 Å². The molecule has 0 amide bonds. The van der Waals surface area contributed by atoms with Gasteiger partial charge in [-0.1, -0.05) is 11.6 Å². The molecule has 0 bridgehead atoms. The van der Waals surface area contributed by atoms with Crippen LogP contribution in [0, 0.1) is 5.82 Å². The molecule has 0 unspecified atom stereocenters. The molecule has 0 spiro atoms. The Morgan fingerprint density at radius 2 is 1.97 bits per heavy atom. The van der Waals surface area contributed by atoms with E-state index >= 15 is 0 Å². The highest BCUT2D eigenvalue weighted by molar-refractivity contribution is 6.30. The standard InChI is InChI=1S/C25H23ClFN5O2/c1-31-25(33)19-10-22(30-24(20(19)12-28-31)18-5-2-16(26)9-21(18)27)14-6-7-34-23(8-14)15-11-29-32(13-15)17-3-4-17/h2,5,9-14,17,23H,3-4,6-8H2,1H3/t14-,23+/m1/s1. The first kappa shape index (κ1) is 21.4. The summed E-state index contributed by atoms with van der Waals surface area (Å²) in [6.07, 6.45) is 9.25. The van der Waals surface area contributed by atoms with E-state index in [-0.39, 0.29) is 17.6 Å². The molecule has 2 aliphatic rings. The quantitative estimate of drug-likeness (QED) is 0.414. The van der Waals surface area contributed by atoms with Crippen molar-refractivity contribution in [2.24, 2.45) is 7.05 Å². The Kier molecular flexibility index (Phi) is 5.22. The predicted molar refractivity (Wildman–Crippen MR) is 126 cm³/mol. The first-order valence-corrected chi connectivity index (χ1v) is 11.8. The van der Waals surface area contributed by atoms with E-state index in [1.165, 1.54) is 23.6 Å². The van der Waals surface area contributed by atoms with Crippen molar-refractivity contribution in [2.45, 2.75) is 43.7 Å². The fourth-order valence-corrected chi connectivity index (χ4v) is 4.86. The molecule has 1 saturated heterocycles. The van der Waals surface area contributed by atoms with Gasteiger partial charge in [0, 0.05) is 53.0 Å². The summed E-state index contributed by atoms with van der Waals surface area (Å²) < 4.78 is 24.3. The third-order valence-corrected chi connectivity index (χ3v) is 7.00. The zero-order chi connectivity index (χ0) is 23.4. The second-order valence-electron chi connectivity index (χ2n) is 9.12. The van der Waals surface area contributed by atoms with Gasteiger partial charge in [0.1, 0.15) is 5.82 Å². The molecular weight excluding hydrogens is 457 g/mol. The van der Waals surface area contributed by atoms with Crippen LogP contribution in [0.4, 0.5) is 4.39 Å². The van der Waals surface area contributed by atoms with Gasteiger partial charge in [-0.25, -0.2) is 9.07 Å². The monoisotopic (exact) mass is 479 g/mol. The first-order chi connectivity index (χ1) is 16.5. The molecule has 6 rings (SSSR count). The summed E-state index contributed by atoms with van der Waals surface area (Å²) >= 11 is 5.97. The van der Waals surface area contributed by atoms with Crippen molar-refractivity contribution in [1.82, 2.24) is 24.5 Å². The summed E-state index contributed by atoms with van der Waals surface area (Å²) in [7, 11) is 1.60. The van der Waals surface area contributed by atoms with Gasteiger partial charge in [0.25, 0.3) is 5.56 Å². The van der Waals surface area contributed by atoms with Crippen LogP contribution in [0.1, 0.15) is 55.0 Å². The Morgan fingerprint density at radius 3 is 2.76 bits per heavy atom. The van der Waals surface area contributed by atoms with Crippen molar-refractivity contribution in [1.29, 1.82) is 0 Å². The van der Waals surface area contributed by atoms with Gasteiger partial charge in [0.15, 0.2) is 0 Å². The second kappa shape index (κ2) is 8.29. The number of benzene rings is 1. The van der Waals surface area contributed by atoms with Crippen LogP contribution in [-0.4, -0.2) is 31.2 Å². The van der Waals surface area contributed by atoms with Crippen molar-refractivity contribution in [3.63, 3.8) is 0 Å². The number of rotatable bonds is 4. The van der Waals surface area contributed by atoms with Gasteiger partial charge >= 0.3 is 0 Å². The maximum absolute atomic E-state index is 14.9. The minimum absolute atomic E-state index is 0.0550. The summed E-state index contributed by atoms with van der Waals surface area (Å²) in [5, 5.41) is 9.93. The zero-order valence-electron chi connectivity index (χ0n) is 18.6. The summed E-state index contributed by atoms with van der Waals surface area (Å²) in [6, 6.07) is 6.82. The molecule has 1 aliphatic heterocycles. The zero-order valence-corrected chi connectivity index (χ0v) is 19.4. The summed E-state index contributed by atoms with van der Waals surface area (Å²) in [5.41, 5.74) is 2.26. The summed E-state index contributed by atoms with van der Waals surface area (Å²) in [4.78, 5) is 17.8. The molecule has 3 aromatic heterocycles. The minimum atomic E-state index is -0.489. The van der Waals surface area contributed by atoms with Crippen LogP contribution in [-0.2, 0) is 11.8 Å². The van der Waals surface area contributed by atoms with Crippen LogP contribution in [0.15, 0.2) is 47.7 Å². The molecule has 1 aliphatic carbocycles. The molecule has 7 nitrogen and oxygen atoms in total. The lowest BCUT2D eigenvalue weighted by atomic mass is 9.89. The Morgan fingerprint density at radius 1 is 1.12 bits per heavy atom. The molecule has 2 atom stereocenters. The first-order valence-electron chi connectivity index (χ1n) is 11.5. The minimum Gasteiger partial charge on any atom is -0.373 e. The van der Waals surface area contributed by atoms with Crippen LogP contribution < -0.4 is 5.56 Å². The molecule has 1 saturated carbocycles. The number of fused-ring (bicyclic) bond motifs is 1. The molecule has 0 N–H and O–H groups in total. The fourth-order valence-electron chi connectivity index (χ4n) is 4.71. The van der Waals surface area contributed by atoms with E-state index in [1.54, 1.807) is 25.4 Å². The van der Waals surface area contributed by atoms with Gasteiger partial charge in [-0.2, -0.15) is 10.2 Å². The van der Waals surface area contributed by atoms with Crippen molar-refractivity contribution >= 4 is 22.4 Å². The van der Waals surface area contributed by atoms with Gasteiger partial charge in [-0.3, -0.25) is 14.5 Å². The third kappa shape index (κ3) is 3.80. The highest BCUT2D eigenvalue weighted by Crippen LogP contribution is 2.40. The number of aromatic nitrogens is 5. The number of aryl methyl sites for hydroxylation is 1.